The van der Waals surface area contributed by atoms with Crippen molar-refractivity contribution in [2.24, 2.45) is 5.73 Å². The maximum atomic E-state index is 13.4. The number of anilines is 2. The quantitative estimate of drug-likeness (QED) is 0.547. The van der Waals surface area contributed by atoms with Crippen molar-refractivity contribution >= 4 is 23.2 Å². The molecule has 2 N–H and O–H groups in total. The predicted octanol–water partition coefficient (Wildman–Crippen LogP) is 3.61. The number of nitrogens with two attached hydrogens (primary N) is 1. The third kappa shape index (κ3) is 6.34. The van der Waals surface area contributed by atoms with E-state index in [9.17, 15) is 9.59 Å². The summed E-state index contributed by atoms with van der Waals surface area (Å²) >= 11 is 0. The molecule has 3 aromatic carbocycles. The zero-order chi connectivity index (χ0) is 22.1. The highest BCUT2D eigenvalue weighted by atomic mass is 16.5. The lowest BCUT2D eigenvalue weighted by Gasteiger charge is -2.29. The van der Waals surface area contributed by atoms with Crippen LogP contribution in [0, 0.1) is 0 Å². The summed E-state index contributed by atoms with van der Waals surface area (Å²) < 4.78 is 5.26. The fourth-order valence-electron chi connectivity index (χ4n) is 3.31. The molecule has 2 amide bonds. The van der Waals surface area contributed by atoms with Gasteiger partial charge in [-0.2, -0.15) is 0 Å². The molecule has 0 saturated heterocycles. The number of primary amides is 1. The van der Waals surface area contributed by atoms with Crippen LogP contribution in [0.25, 0.3) is 0 Å². The summed E-state index contributed by atoms with van der Waals surface area (Å²) in [4.78, 5) is 28.4. The number of hydrogen-bond donors (Lipinski definition) is 1. The predicted molar refractivity (Wildman–Crippen MR) is 123 cm³/mol. The second-order valence-corrected chi connectivity index (χ2v) is 7.14. The topological polar surface area (TPSA) is 75.9 Å². The second kappa shape index (κ2) is 10.8. The van der Waals surface area contributed by atoms with E-state index in [0.717, 1.165) is 22.7 Å². The molecular weight excluding hydrogens is 390 g/mol. The first-order valence-corrected chi connectivity index (χ1v) is 10.1. The number of methoxy groups -OCH3 is 1. The van der Waals surface area contributed by atoms with Crippen LogP contribution in [0.4, 0.5) is 11.4 Å². The molecule has 0 unspecified atom stereocenters. The van der Waals surface area contributed by atoms with Gasteiger partial charge in [0.25, 0.3) is 0 Å². The van der Waals surface area contributed by atoms with Gasteiger partial charge in [-0.15, -0.1) is 0 Å². The lowest BCUT2D eigenvalue weighted by atomic mass is 10.2. The van der Waals surface area contributed by atoms with Gasteiger partial charge in [0.2, 0.25) is 11.8 Å². The number of ether oxygens (including phenoxy) is 1. The first kappa shape index (κ1) is 21.9. The molecule has 0 aliphatic rings. The number of rotatable bonds is 10. The van der Waals surface area contributed by atoms with Gasteiger partial charge in [0.15, 0.2) is 0 Å². The maximum Gasteiger partial charge on any atom is 0.246 e. The molecule has 160 valence electrons. The summed E-state index contributed by atoms with van der Waals surface area (Å²) in [6, 6.07) is 26.9. The Bertz CT molecular complexity index is 976. The van der Waals surface area contributed by atoms with Crippen molar-refractivity contribution in [3.8, 4) is 5.75 Å². The summed E-state index contributed by atoms with van der Waals surface area (Å²) in [5.41, 5.74) is 8.08. The Balaban J connectivity index is 1.86. The summed E-state index contributed by atoms with van der Waals surface area (Å²) in [5.74, 6) is 0.200. The van der Waals surface area contributed by atoms with Crippen LogP contribution in [0.15, 0.2) is 84.9 Å². The second-order valence-electron chi connectivity index (χ2n) is 7.14. The van der Waals surface area contributed by atoms with Gasteiger partial charge in [-0.25, -0.2) is 0 Å². The molecule has 6 heteroatoms. The molecule has 0 aliphatic heterocycles. The minimum absolute atomic E-state index is 0.0991. The normalized spacial score (nSPS) is 10.4. The van der Waals surface area contributed by atoms with E-state index >= 15 is 0 Å². The Morgan fingerprint density at radius 1 is 0.839 bits per heavy atom. The molecule has 6 nitrogen and oxygen atoms in total. The fraction of sp³-hybridized carbons (Fsp3) is 0.200. The number of amides is 2. The Hall–Kier alpha value is -3.80. The van der Waals surface area contributed by atoms with Gasteiger partial charge in [-0.05, 0) is 42.0 Å². The minimum atomic E-state index is -0.440. The van der Waals surface area contributed by atoms with Gasteiger partial charge >= 0.3 is 0 Å². The van der Waals surface area contributed by atoms with E-state index in [2.05, 4.69) is 0 Å². The lowest BCUT2D eigenvalue weighted by molar-refractivity contribution is -0.118. The largest absolute Gasteiger partial charge is 0.497 e. The summed E-state index contributed by atoms with van der Waals surface area (Å²) in [6.45, 7) is 0.951. The highest BCUT2D eigenvalue weighted by molar-refractivity contribution is 5.97. The number of para-hydroxylation sites is 1. The van der Waals surface area contributed by atoms with E-state index < -0.39 is 5.91 Å². The number of benzene rings is 3. The number of hydrogen-bond acceptors (Lipinski definition) is 4. The highest BCUT2D eigenvalue weighted by Crippen LogP contribution is 2.22. The van der Waals surface area contributed by atoms with Crippen LogP contribution in [-0.2, 0) is 16.1 Å². The van der Waals surface area contributed by atoms with E-state index in [4.69, 9.17) is 10.5 Å². The van der Waals surface area contributed by atoms with Crippen molar-refractivity contribution in [3.05, 3.63) is 90.5 Å². The van der Waals surface area contributed by atoms with Gasteiger partial charge in [0.05, 0.1) is 13.7 Å². The molecular formula is C25H27N3O3. The van der Waals surface area contributed by atoms with E-state index in [-0.39, 0.29) is 25.4 Å². The van der Waals surface area contributed by atoms with Crippen LogP contribution in [-0.4, -0.2) is 32.0 Å². The SMILES string of the molecule is COc1ccc(N(CC(=O)N(CCC(N)=O)c2ccccc2)Cc2ccccc2)cc1. The van der Waals surface area contributed by atoms with Crippen molar-refractivity contribution in [1.82, 2.24) is 0 Å². The lowest BCUT2D eigenvalue weighted by Crippen LogP contribution is -2.41. The van der Waals surface area contributed by atoms with Gasteiger partial charge in [0, 0.05) is 30.9 Å². The maximum absolute atomic E-state index is 13.4. The third-order valence-corrected chi connectivity index (χ3v) is 4.93. The molecule has 0 aliphatic carbocycles. The smallest absolute Gasteiger partial charge is 0.246 e. The van der Waals surface area contributed by atoms with Crippen molar-refractivity contribution < 1.29 is 14.3 Å². The van der Waals surface area contributed by atoms with E-state index in [1.807, 2.05) is 89.8 Å². The van der Waals surface area contributed by atoms with Crippen LogP contribution in [0.2, 0.25) is 0 Å². The Labute approximate surface area is 182 Å². The van der Waals surface area contributed by atoms with Crippen molar-refractivity contribution in [2.75, 3.05) is 30.0 Å². The molecule has 31 heavy (non-hydrogen) atoms. The van der Waals surface area contributed by atoms with Crippen molar-refractivity contribution in [3.63, 3.8) is 0 Å². The first-order chi connectivity index (χ1) is 15.1. The summed E-state index contributed by atoms with van der Waals surface area (Å²) in [5, 5.41) is 0. The molecule has 0 radical (unpaired) electrons. The fourth-order valence-corrected chi connectivity index (χ4v) is 3.31. The molecule has 3 rings (SSSR count). The third-order valence-electron chi connectivity index (χ3n) is 4.93. The van der Waals surface area contributed by atoms with Gasteiger partial charge in [-0.3, -0.25) is 9.59 Å². The van der Waals surface area contributed by atoms with Crippen molar-refractivity contribution in [1.29, 1.82) is 0 Å². The number of carbonyl (C=O) groups excluding carboxylic acids is 2. The Morgan fingerprint density at radius 3 is 2.03 bits per heavy atom. The monoisotopic (exact) mass is 417 g/mol. The molecule has 0 spiro atoms. The van der Waals surface area contributed by atoms with Crippen LogP contribution < -0.4 is 20.3 Å². The average Bonchev–Trinajstić information content (AvgIpc) is 2.80. The summed E-state index contributed by atoms with van der Waals surface area (Å²) in [6.07, 6.45) is 0.0991. The van der Waals surface area contributed by atoms with E-state index in [1.54, 1.807) is 12.0 Å². The number of carbonyl (C=O) groups is 2. The van der Waals surface area contributed by atoms with Crippen LogP contribution in [0.1, 0.15) is 12.0 Å². The highest BCUT2D eigenvalue weighted by Gasteiger charge is 2.20. The average molecular weight is 418 g/mol. The standard InChI is InChI=1S/C25H27N3O3/c1-31-23-14-12-21(13-15-23)27(18-20-8-4-2-5-9-20)19-25(30)28(17-16-24(26)29)22-10-6-3-7-11-22/h2-15H,16-19H2,1H3,(H2,26,29). The van der Waals surface area contributed by atoms with Crippen LogP contribution in [0.5, 0.6) is 5.75 Å². The summed E-state index contributed by atoms with van der Waals surface area (Å²) in [7, 11) is 1.62. The molecule has 3 aromatic rings. The Morgan fingerprint density at radius 2 is 1.45 bits per heavy atom. The van der Waals surface area contributed by atoms with Gasteiger partial charge < -0.3 is 20.3 Å². The zero-order valence-corrected chi connectivity index (χ0v) is 17.6. The van der Waals surface area contributed by atoms with Crippen molar-refractivity contribution in [2.45, 2.75) is 13.0 Å². The molecule has 0 saturated carbocycles. The molecule has 0 aromatic heterocycles. The van der Waals surface area contributed by atoms with E-state index in [0.29, 0.717) is 6.54 Å². The first-order valence-electron chi connectivity index (χ1n) is 10.1. The van der Waals surface area contributed by atoms with Gasteiger partial charge in [0.1, 0.15) is 5.75 Å². The molecule has 0 heterocycles. The van der Waals surface area contributed by atoms with Gasteiger partial charge in [-0.1, -0.05) is 48.5 Å². The van der Waals surface area contributed by atoms with E-state index in [1.165, 1.54) is 0 Å². The zero-order valence-electron chi connectivity index (χ0n) is 17.6. The Kier molecular flexibility index (Phi) is 7.65. The molecule has 0 fully saturated rings. The van der Waals surface area contributed by atoms with Crippen LogP contribution in [0.3, 0.4) is 0 Å². The minimum Gasteiger partial charge on any atom is -0.497 e. The van der Waals surface area contributed by atoms with Crippen LogP contribution >= 0.6 is 0 Å². The number of nitrogens with zero attached hydrogens (tertiary/aromatic N) is 2. The molecule has 0 atom stereocenters. The molecule has 0 bridgehead atoms.